The van der Waals surface area contributed by atoms with Gasteiger partial charge in [0, 0.05) is 10.5 Å². The molecular weight excluding hydrogens is 260 g/mol. The molecule has 19 heavy (non-hydrogen) atoms. The first-order chi connectivity index (χ1) is 9.31. The molecule has 96 valence electrons. The lowest BCUT2D eigenvalue weighted by molar-refractivity contribution is 0.112. The fourth-order valence-electron chi connectivity index (χ4n) is 2.08. The van der Waals surface area contributed by atoms with Gasteiger partial charge in [0.1, 0.15) is 0 Å². The highest BCUT2D eigenvalue weighted by atomic mass is 32.2. The lowest BCUT2D eigenvalue weighted by atomic mass is 9.99. The van der Waals surface area contributed by atoms with Crippen LogP contribution >= 0.6 is 11.8 Å². The summed E-state index contributed by atoms with van der Waals surface area (Å²) in [6.45, 7) is 0.211. The molecule has 1 aliphatic rings. The summed E-state index contributed by atoms with van der Waals surface area (Å²) in [4.78, 5) is 12.4. The maximum absolute atomic E-state index is 11.2. The van der Waals surface area contributed by atoms with Crippen LogP contribution in [0.1, 0.15) is 10.4 Å². The average molecular weight is 272 g/mol. The van der Waals surface area contributed by atoms with E-state index in [1.54, 1.807) is 17.8 Å². The van der Waals surface area contributed by atoms with E-state index in [0.717, 1.165) is 17.4 Å². The predicted octanol–water partition coefficient (Wildman–Crippen LogP) is 3.62. The normalized spacial score (nSPS) is 12.5. The molecular formula is C15H12O3S. The third kappa shape index (κ3) is 2.19. The Labute approximate surface area is 115 Å². The molecule has 0 aliphatic carbocycles. The average Bonchev–Trinajstić information content (AvgIpc) is 2.93. The number of hydrogen-bond donors (Lipinski definition) is 0. The van der Waals surface area contributed by atoms with Gasteiger partial charge >= 0.3 is 0 Å². The number of thioether (sulfide) groups is 1. The van der Waals surface area contributed by atoms with Crippen molar-refractivity contribution in [1.29, 1.82) is 0 Å². The molecule has 1 heterocycles. The molecule has 0 fully saturated rings. The third-order valence-electron chi connectivity index (χ3n) is 3.07. The van der Waals surface area contributed by atoms with Crippen LogP contribution in [-0.2, 0) is 0 Å². The second-order valence-corrected chi connectivity index (χ2v) is 5.02. The summed E-state index contributed by atoms with van der Waals surface area (Å²) in [5.74, 6) is 1.32. The molecule has 1 aliphatic heterocycles. The van der Waals surface area contributed by atoms with Crippen LogP contribution in [0.2, 0.25) is 0 Å². The van der Waals surface area contributed by atoms with Crippen LogP contribution in [-0.4, -0.2) is 19.3 Å². The largest absolute Gasteiger partial charge is 0.454 e. The molecule has 0 saturated heterocycles. The number of benzene rings is 2. The number of aldehydes is 1. The molecule has 0 N–H and O–H groups in total. The smallest absolute Gasteiger partial charge is 0.231 e. The van der Waals surface area contributed by atoms with E-state index in [1.165, 1.54) is 4.90 Å². The summed E-state index contributed by atoms with van der Waals surface area (Å²) in [5, 5.41) is 0. The van der Waals surface area contributed by atoms with Gasteiger partial charge in [0.05, 0.1) is 0 Å². The van der Waals surface area contributed by atoms with Gasteiger partial charge in [-0.15, -0.1) is 11.8 Å². The van der Waals surface area contributed by atoms with Crippen molar-refractivity contribution < 1.29 is 14.3 Å². The topological polar surface area (TPSA) is 35.5 Å². The van der Waals surface area contributed by atoms with Crippen LogP contribution in [0.15, 0.2) is 41.3 Å². The van der Waals surface area contributed by atoms with Crippen LogP contribution in [0.5, 0.6) is 11.5 Å². The number of carbonyl (C=O) groups is 1. The van der Waals surface area contributed by atoms with Crippen molar-refractivity contribution in [2.75, 3.05) is 13.0 Å². The summed E-state index contributed by atoms with van der Waals surface area (Å²) in [6.07, 6.45) is 2.88. The summed E-state index contributed by atoms with van der Waals surface area (Å²) >= 11 is 1.69. The number of fused-ring (bicyclic) bond motifs is 1. The van der Waals surface area contributed by atoms with Crippen molar-refractivity contribution in [3.8, 4) is 22.6 Å². The number of rotatable bonds is 3. The first kappa shape index (κ1) is 12.1. The summed E-state index contributed by atoms with van der Waals surface area (Å²) in [6, 6.07) is 11.7. The standard InChI is InChI=1S/C15H12O3S/c1-19-12-4-2-10(3-5-12)13-7-15-14(17-9-18-15)6-11(13)8-16/h2-8H,9H2,1H3. The second kappa shape index (κ2) is 4.97. The molecule has 0 amide bonds. The summed E-state index contributed by atoms with van der Waals surface area (Å²) in [7, 11) is 0. The Kier molecular flexibility index (Phi) is 3.17. The summed E-state index contributed by atoms with van der Waals surface area (Å²) in [5.41, 5.74) is 2.48. The monoisotopic (exact) mass is 272 g/mol. The van der Waals surface area contributed by atoms with E-state index >= 15 is 0 Å². The van der Waals surface area contributed by atoms with Crippen molar-refractivity contribution in [3.63, 3.8) is 0 Å². The Balaban J connectivity index is 2.10. The van der Waals surface area contributed by atoms with E-state index in [0.29, 0.717) is 17.1 Å². The number of carbonyl (C=O) groups excluding carboxylic acids is 1. The van der Waals surface area contributed by atoms with Crippen molar-refractivity contribution in [1.82, 2.24) is 0 Å². The first-order valence-electron chi connectivity index (χ1n) is 5.85. The molecule has 0 saturated carbocycles. The van der Waals surface area contributed by atoms with E-state index in [9.17, 15) is 4.79 Å². The van der Waals surface area contributed by atoms with E-state index in [-0.39, 0.29) is 6.79 Å². The summed E-state index contributed by atoms with van der Waals surface area (Å²) < 4.78 is 10.6. The van der Waals surface area contributed by atoms with Crippen molar-refractivity contribution in [3.05, 3.63) is 42.0 Å². The number of hydrogen-bond acceptors (Lipinski definition) is 4. The Morgan fingerprint density at radius 1 is 1.11 bits per heavy atom. The maximum atomic E-state index is 11.2. The van der Waals surface area contributed by atoms with Crippen molar-refractivity contribution in [2.45, 2.75) is 4.90 Å². The molecule has 0 bridgehead atoms. The minimum absolute atomic E-state index is 0.211. The lowest BCUT2D eigenvalue weighted by Crippen LogP contribution is -1.92. The molecule has 4 heteroatoms. The van der Waals surface area contributed by atoms with Crippen LogP contribution < -0.4 is 9.47 Å². The Morgan fingerprint density at radius 3 is 2.42 bits per heavy atom. The van der Waals surface area contributed by atoms with Gasteiger partial charge in [0.25, 0.3) is 0 Å². The Bertz CT molecular complexity index is 620. The van der Waals surface area contributed by atoms with E-state index in [2.05, 4.69) is 0 Å². The van der Waals surface area contributed by atoms with E-state index in [4.69, 9.17) is 9.47 Å². The zero-order chi connectivity index (χ0) is 13.2. The van der Waals surface area contributed by atoms with Crippen LogP contribution in [0.25, 0.3) is 11.1 Å². The maximum Gasteiger partial charge on any atom is 0.231 e. The fourth-order valence-corrected chi connectivity index (χ4v) is 2.48. The molecule has 0 spiro atoms. The molecule has 3 nitrogen and oxygen atoms in total. The van der Waals surface area contributed by atoms with Crippen LogP contribution in [0.3, 0.4) is 0 Å². The minimum atomic E-state index is 0.211. The van der Waals surface area contributed by atoms with Gasteiger partial charge in [0.15, 0.2) is 17.8 Å². The molecule has 3 rings (SSSR count). The van der Waals surface area contributed by atoms with Crippen molar-refractivity contribution in [2.24, 2.45) is 0 Å². The zero-order valence-corrected chi connectivity index (χ0v) is 11.2. The first-order valence-corrected chi connectivity index (χ1v) is 7.07. The lowest BCUT2D eigenvalue weighted by Gasteiger charge is -2.07. The minimum Gasteiger partial charge on any atom is -0.454 e. The van der Waals surface area contributed by atoms with Crippen LogP contribution in [0.4, 0.5) is 0 Å². The van der Waals surface area contributed by atoms with Gasteiger partial charge in [0.2, 0.25) is 6.79 Å². The number of ether oxygens (including phenoxy) is 2. The van der Waals surface area contributed by atoms with Crippen LogP contribution in [0, 0.1) is 0 Å². The van der Waals surface area contributed by atoms with Gasteiger partial charge in [-0.1, -0.05) is 12.1 Å². The Morgan fingerprint density at radius 2 is 1.79 bits per heavy atom. The quantitative estimate of drug-likeness (QED) is 0.631. The second-order valence-electron chi connectivity index (χ2n) is 4.14. The van der Waals surface area contributed by atoms with E-state index < -0.39 is 0 Å². The van der Waals surface area contributed by atoms with Gasteiger partial charge in [-0.3, -0.25) is 4.79 Å². The predicted molar refractivity (Wildman–Crippen MR) is 75.2 cm³/mol. The van der Waals surface area contributed by atoms with Gasteiger partial charge in [-0.2, -0.15) is 0 Å². The SMILES string of the molecule is CSc1ccc(-c2cc3c(cc2C=O)OCO3)cc1. The fraction of sp³-hybridized carbons (Fsp3) is 0.133. The molecule has 0 unspecified atom stereocenters. The highest BCUT2D eigenvalue weighted by Gasteiger charge is 2.17. The third-order valence-corrected chi connectivity index (χ3v) is 3.82. The van der Waals surface area contributed by atoms with Gasteiger partial charge in [-0.25, -0.2) is 0 Å². The Hall–Kier alpha value is -1.94. The van der Waals surface area contributed by atoms with E-state index in [1.807, 2.05) is 36.6 Å². The highest BCUT2D eigenvalue weighted by molar-refractivity contribution is 7.98. The molecule has 2 aromatic carbocycles. The molecule has 2 aromatic rings. The molecule has 0 aromatic heterocycles. The highest BCUT2D eigenvalue weighted by Crippen LogP contribution is 2.38. The van der Waals surface area contributed by atoms with Crippen molar-refractivity contribution >= 4 is 18.0 Å². The molecule has 0 atom stereocenters. The molecule has 0 radical (unpaired) electrons. The van der Waals surface area contributed by atoms with Gasteiger partial charge in [-0.05, 0) is 41.6 Å². The van der Waals surface area contributed by atoms with Gasteiger partial charge < -0.3 is 9.47 Å². The zero-order valence-electron chi connectivity index (χ0n) is 10.4.